The Labute approximate surface area is 199 Å². The molecule has 6 heteroatoms. The van der Waals surface area contributed by atoms with Crippen LogP contribution in [0.4, 0.5) is 0 Å². The van der Waals surface area contributed by atoms with Gasteiger partial charge in [0.15, 0.2) is 17.3 Å². The standard InChI is InChI=1S/C28H30O6/c1-14(2)12-16(29)20-17(30)13-18-21(23(20)31)19(15-10-8-7-9-11-15)22-24(32)27(3,4)26(33)28(5,6)25(22)34-18/h7-11,13-14,19,30-31H,12H2,1-6H3/t19-/m1/s1. The molecule has 0 bridgehead atoms. The molecule has 0 radical (unpaired) electrons. The highest BCUT2D eigenvalue weighted by atomic mass is 16.5. The Morgan fingerprint density at radius 3 is 2.24 bits per heavy atom. The van der Waals surface area contributed by atoms with E-state index in [1.54, 1.807) is 27.7 Å². The van der Waals surface area contributed by atoms with E-state index in [2.05, 4.69) is 0 Å². The lowest BCUT2D eigenvalue weighted by Gasteiger charge is -2.44. The van der Waals surface area contributed by atoms with Crippen LogP contribution in [0.2, 0.25) is 0 Å². The molecule has 6 nitrogen and oxygen atoms in total. The average molecular weight is 463 g/mol. The van der Waals surface area contributed by atoms with Gasteiger partial charge in [-0.15, -0.1) is 0 Å². The van der Waals surface area contributed by atoms with Gasteiger partial charge in [-0.3, -0.25) is 14.4 Å². The Balaban J connectivity index is 2.06. The normalized spacial score (nSPS) is 20.6. The zero-order valence-corrected chi connectivity index (χ0v) is 20.4. The number of phenolic OH excluding ortho intramolecular Hbond substituents is 2. The number of carbonyl (C=O) groups excluding carboxylic acids is 3. The quantitative estimate of drug-likeness (QED) is 0.472. The van der Waals surface area contributed by atoms with E-state index in [-0.39, 0.29) is 52.1 Å². The maximum absolute atomic E-state index is 13.8. The van der Waals surface area contributed by atoms with Crippen LogP contribution >= 0.6 is 0 Å². The van der Waals surface area contributed by atoms with Gasteiger partial charge >= 0.3 is 0 Å². The Morgan fingerprint density at radius 1 is 1.03 bits per heavy atom. The number of carbonyl (C=O) groups is 3. The summed E-state index contributed by atoms with van der Waals surface area (Å²) >= 11 is 0. The van der Waals surface area contributed by atoms with Crippen molar-refractivity contribution in [1.29, 1.82) is 0 Å². The fraction of sp³-hybridized carbons (Fsp3) is 0.393. The van der Waals surface area contributed by atoms with Gasteiger partial charge in [0.1, 0.15) is 28.6 Å². The highest BCUT2D eigenvalue weighted by Gasteiger charge is 2.57. The molecule has 1 atom stereocenters. The third-order valence-electron chi connectivity index (χ3n) is 6.84. The van der Waals surface area contributed by atoms with Crippen LogP contribution in [0.1, 0.15) is 75.4 Å². The van der Waals surface area contributed by atoms with E-state index < -0.39 is 34.0 Å². The smallest absolute Gasteiger partial charge is 0.176 e. The fourth-order valence-corrected chi connectivity index (χ4v) is 5.20. The molecule has 1 aliphatic heterocycles. The van der Waals surface area contributed by atoms with Crippen molar-refractivity contribution >= 4 is 17.3 Å². The third kappa shape index (κ3) is 3.35. The first kappa shape index (κ1) is 23.7. The molecule has 0 amide bonds. The first-order chi connectivity index (χ1) is 15.8. The van der Waals surface area contributed by atoms with Gasteiger partial charge in [-0.25, -0.2) is 0 Å². The van der Waals surface area contributed by atoms with E-state index in [0.717, 1.165) is 0 Å². The van der Waals surface area contributed by atoms with Gasteiger partial charge in [0.05, 0.1) is 10.8 Å². The lowest BCUT2D eigenvalue weighted by Crippen LogP contribution is -2.51. The Bertz CT molecular complexity index is 1250. The maximum atomic E-state index is 13.8. The molecule has 2 aliphatic rings. The molecule has 0 unspecified atom stereocenters. The second-order valence-corrected chi connectivity index (χ2v) is 10.6. The monoisotopic (exact) mass is 462 g/mol. The number of aromatic hydroxyl groups is 2. The molecule has 2 aromatic carbocycles. The third-order valence-corrected chi connectivity index (χ3v) is 6.84. The molecule has 0 spiro atoms. The Morgan fingerprint density at radius 2 is 1.65 bits per heavy atom. The molecular weight excluding hydrogens is 432 g/mol. The number of hydrogen-bond donors (Lipinski definition) is 2. The average Bonchev–Trinajstić information content (AvgIpc) is 2.76. The summed E-state index contributed by atoms with van der Waals surface area (Å²) in [6, 6.07) is 10.4. The largest absolute Gasteiger partial charge is 0.507 e. The second kappa shape index (κ2) is 7.83. The Kier molecular flexibility index (Phi) is 5.46. The van der Waals surface area contributed by atoms with E-state index in [1.807, 2.05) is 44.2 Å². The van der Waals surface area contributed by atoms with E-state index >= 15 is 0 Å². The molecule has 178 valence electrons. The van der Waals surface area contributed by atoms with Crippen LogP contribution in [0.3, 0.4) is 0 Å². The van der Waals surface area contributed by atoms with Gasteiger partial charge in [0, 0.05) is 29.5 Å². The predicted octanol–water partition coefficient (Wildman–Crippen LogP) is 5.31. The SMILES string of the molecule is CC(C)CC(=O)c1c(O)cc2c(c1O)[C@@H](c1ccccc1)C1=C(O2)C(C)(C)C(=O)C(C)(C)C1=O. The molecule has 0 fully saturated rings. The van der Waals surface area contributed by atoms with Crippen molar-refractivity contribution in [2.24, 2.45) is 16.7 Å². The maximum Gasteiger partial charge on any atom is 0.176 e. The zero-order chi connectivity index (χ0) is 25.2. The van der Waals surface area contributed by atoms with Crippen LogP contribution in [0.25, 0.3) is 0 Å². The van der Waals surface area contributed by atoms with E-state index in [1.165, 1.54) is 6.07 Å². The van der Waals surface area contributed by atoms with Crippen molar-refractivity contribution < 1.29 is 29.3 Å². The van der Waals surface area contributed by atoms with Gasteiger partial charge in [-0.1, -0.05) is 44.2 Å². The summed E-state index contributed by atoms with van der Waals surface area (Å²) in [5.41, 5.74) is -1.36. The molecule has 0 aromatic heterocycles. The molecule has 2 N–H and O–H groups in total. The minimum absolute atomic E-state index is 0.0188. The van der Waals surface area contributed by atoms with Crippen molar-refractivity contribution in [3.8, 4) is 17.2 Å². The van der Waals surface area contributed by atoms with Crippen molar-refractivity contribution in [3.63, 3.8) is 0 Å². The first-order valence-corrected chi connectivity index (χ1v) is 11.5. The molecule has 0 saturated heterocycles. The van der Waals surface area contributed by atoms with Crippen LogP contribution < -0.4 is 4.74 Å². The van der Waals surface area contributed by atoms with Crippen LogP contribution in [-0.2, 0) is 9.59 Å². The molecule has 4 rings (SSSR count). The summed E-state index contributed by atoms with van der Waals surface area (Å²) in [5.74, 6) is -2.27. The summed E-state index contributed by atoms with van der Waals surface area (Å²) in [4.78, 5) is 40.0. The first-order valence-electron chi connectivity index (χ1n) is 11.5. The molecule has 2 aromatic rings. The van der Waals surface area contributed by atoms with Gasteiger partial charge in [-0.2, -0.15) is 0 Å². The lowest BCUT2D eigenvalue weighted by molar-refractivity contribution is -0.144. The zero-order valence-electron chi connectivity index (χ0n) is 20.4. The van der Waals surface area contributed by atoms with Gasteiger partial charge < -0.3 is 14.9 Å². The summed E-state index contributed by atoms with van der Waals surface area (Å²) in [7, 11) is 0. The summed E-state index contributed by atoms with van der Waals surface area (Å²) in [6.07, 6.45) is 0.137. The highest BCUT2D eigenvalue weighted by molar-refractivity contribution is 6.20. The van der Waals surface area contributed by atoms with E-state index in [0.29, 0.717) is 5.56 Å². The summed E-state index contributed by atoms with van der Waals surface area (Å²) < 4.78 is 6.12. The minimum Gasteiger partial charge on any atom is -0.507 e. The Hall–Kier alpha value is -3.41. The van der Waals surface area contributed by atoms with Crippen LogP contribution in [-0.4, -0.2) is 27.6 Å². The number of fused-ring (bicyclic) bond motifs is 1. The molecule has 34 heavy (non-hydrogen) atoms. The molecule has 1 aliphatic carbocycles. The second-order valence-electron chi connectivity index (χ2n) is 10.6. The molecular formula is C28H30O6. The topological polar surface area (TPSA) is 101 Å². The van der Waals surface area contributed by atoms with Crippen molar-refractivity contribution in [1.82, 2.24) is 0 Å². The predicted molar refractivity (Wildman–Crippen MR) is 127 cm³/mol. The van der Waals surface area contributed by atoms with Crippen molar-refractivity contribution in [2.45, 2.75) is 53.9 Å². The van der Waals surface area contributed by atoms with E-state index in [9.17, 15) is 24.6 Å². The number of ether oxygens (including phenoxy) is 1. The summed E-state index contributed by atoms with van der Waals surface area (Å²) in [5, 5.41) is 22.0. The van der Waals surface area contributed by atoms with Crippen LogP contribution in [0.15, 0.2) is 47.7 Å². The molecule has 0 saturated carbocycles. The number of Topliss-reactive ketones (excluding diaryl/α,β-unsaturated/α-hetero) is 3. The fourth-order valence-electron chi connectivity index (χ4n) is 5.20. The number of benzene rings is 2. The summed E-state index contributed by atoms with van der Waals surface area (Å²) in [6.45, 7) is 10.4. The highest BCUT2D eigenvalue weighted by Crippen LogP contribution is 2.57. The van der Waals surface area contributed by atoms with Gasteiger partial charge in [-0.05, 0) is 39.2 Å². The van der Waals surface area contributed by atoms with Crippen LogP contribution in [0.5, 0.6) is 17.2 Å². The van der Waals surface area contributed by atoms with Crippen molar-refractivity contribution in [3.05, 3.63) is 64.4 Å². The minimum atomic E-state index is -1.29. The number of allylic oxidation sites excluding steroid dienone is 2. The van der Waals surface area contributed by atoms with Crippen LogP contribution in [0, 0.1) is 16.7 Å². The number of rotatable bonds is 4. The molecule has 1 heterocycles. The van der Waals surface area contributed by atoms with Crippen molar-refractivity contribution in [2.75, 3.05) is 0 Å². The number of ketones is 3. The van der Waals surface area contributed by atoms with E-state index in [4.69, 9.17) is 4.74 Å². The van der Waals surface area contributed by atoms with Gasteiger partial charge in [0.25, 0.3) is 0 Å². The van der Waals surface area contributed by atoms with Gasteiger partial charge in [0.2, 0.25) is 0 Å². The number of hydrogen-bond acceptors (Lipinski definition) is 6. The number of phenols is 2. The lowest BCUT2D eigenvalue weighted by atomic mass is 9.59.